The lowest BCUT2D eigenvalue weighted by atomic mass is 9.98. The first-order valence-electron chi connectivity index (χ1n) is 7.23. The van der Waals surface area contributed by atoms with Gasteiger partial charge in [-0.2, -0.15) is 0 Å². The van der Waals surface area contributed by atoms with Gasteiger partial charge in [0.2, 0.25) is 0 Å². The predicted octanol–water partition coefficient (Wildman–Crippen LogP) is 3.35. The number of halogens is 1. The Bertz CT molecular complexity index is 629. The van der Waals surface area contributed by atoms with Crippen LogP contribution in [0, 0.1) is 32.5 Å². The molecule has 1 atom stereocenters. The number of hydrogen-bond acceptors (Lipinski definition) is 3. The first kappa shape index (κ1) is 15.6. The molecule has 1 unspecified atom stereocenters. The van der Waals surface area contributed by atoms with E-state index in [-0.39, 0.29) is 5.82 Å². The van der Waals surface area contributed by atoms with E-state index < -0.39 is 0 Å². The van der Waals surface area contributed by atoms with E-state index in [0.717, 1.165) is 34.5 Å². The first-order valence-corrected chi connectivity index (χ1v) is 7.23. The Morgan fingerprint density at radius 3 is 2.33 bits per heavy atom. The minimum atomic E-state index is -0.268. The Morgan fingerprint density at radius 1 is 1.14 bits per heavy atom. The van der Waals surface area contributed by atoms with Gasteiger partial charge in [-0.05, 0) is 62.9 Å². The Labute approximate surface area is 125 Å². The summed E-state index contributed by atoms with van der Waals surface area (Å²) in [5, 5.41) is 0. The number of nitrogens with two attached hydrogens (primary N) is 1. The largest absolute Gasteiger partial charge is 0.330 e. The van der Waals surface area contributed by atoms with Crippen molar-refractivity contribution in [2.75, 3.05) is 6.54 Å². The summed E-state index contributed by atoms with van der Waals surface area (Å²) in [6.45, 7) is 8.65. The van der Waals surface area contributed by atoms with Crippen LogP contribution >= 0.6 is 0 Å². The molecule has 21 heavy (non-hydrogen) atoms. The molecule has 0 fully saturated rings. The van der Waals surface area contributed by atoms with Crippen molar-refractivity contribution in [1.29, 1.82) is 0 Å². The molecule has 1 aromatic heterocycles. The lowest BCUT2D eigenvalue weighted by Gasteiger charge is -2.15. The number of nitrogens with zero attached hydrogens (tertiary/aromatic N) is 2. The normalized spacial score (nSPS) is 12.5. The van der Waals surface area contributed by atoms with Gasteiger partial charge >= 0.3 is 0 Å². The zero-order valence-electron chi connectivity index (χ0n) is 13.1. The second kappa shape index (κ2) is 6.31. The maximum atomic E-state index is 13.5. The van der Waals surface area contributed by atoms with E-state index >= 15 is 0 Å². The highest BCUT2D eigenvalue weighted by Crippen LogP contribution is 2.24. The molecule has 0 aliphatic heterocycles. The molecule has 0 saturated carbocycles. The number of rotatable bonds is 4. The van der Waals surface area contributed by atoms with Gasteiger partial charge in [0.15, 0.2) is 5.82 Å². The monoisotopic (exact) mass is 287 g/mol. The summed E-state index contributed by atoms with van der Waals surface area (Å²) in [6, 6.07) is 4.70. The third-order valence-corrected chi connectivity index (χ3v) is 3.82. The molecular formula is C17H22FN3. The van der Waals surface area contributed by atoms with E-state index in [1.165, 1.54) is 12.1 Å². The van der Waals surface area contributed by atoms with Crippen LogP contribution in [0.3, 0.4) is 0 Å². The highest BCUT2D eigenvalue weighted by molar-refractivity contribution is 5.60. The average molecular weight is 287 g/mol. The molecule has 0 saturated heterocycles. The zero-order valence-corrected chi connectivity index (χ0v) is 13.1. The quantitative estimate of drug-likeness (QED) is 0.938. The molecule has 4 heteroatoms. The first-order chi connectivity index (χ1) is 9.92. The van der Waals surface area contributed by atoms with E-state index in [2.05, 4.69) is 16.9 Å². The van der Waals surface area contributed by atoms with Gasteiger partial charge in [-0.3, -0.25) is 0 Å². The van der Waals surface area contributed by atoms with Crippen LogP contribution in [-0.4, -0.2) is 16.5 Å². The van der Waals surface area contributed by atoms with Crippen molar-refractivity contribution in [3.05, 3.63) is 46.5 Å². The highest BCUT2D eigenvalue weighted by atomic mass is 19.1. The molecule has 1 heterocycles. The average Bonchev–Trinajstić information content (AvgIpc) is 2.44. The SMILES string of the molecule is Cc1ccc(F)cc1-c1nc(C)c(CC(C)CN)c(C)n1. The number of aryl methyl sites for hydroxylation is 3. The summed E-state index contributed by atoms with van der Waals surface area (Å²) in [4.78, 5) is 9.15. The van der Waals surface area contributed by atoms with E-state index in [9.17, 15) is 4.39 Å². The molecule has 1 aromatic carbocycles. The molecular weight excluding hydrogens is 265 g/mol. The fraction of sp³-hybridized carbons (Fsp3) is 0.412. The molecule has 3 nitrogen and oxygen atoms in total. The molecule has 0 aliphatic carbocycles. The minimum Gasteiger partial charge on any atom is -0.330 e. The van der Waals surface area contributed by atoms with Crippen molar-refractivity contribution < 1.29 is 4.39 Å². The lowest BCUT2D eigenvalue weighted by Crippen LogP contribution is -2.15. The van der Waals surface area contributed by atoms with Crippen LogP contribution in [0.5, 0.6) is 0 Å². The summed E-state index contributed by atoms with van der Waals surface area (Å²) in [6.07, 6.45) is 0.872. The molecule has 2 rings (SSSR count). The smallest absolute Gasteiger partial charge is 0.159 e. The van der Waals surface area contributed by atoms with Crippen LogP contribution in [0.25, 0.3) is 11.4 Å². The van der Waals surface area contributed by atoms with E-state index in [4.69, 9.17) is 5.73 Å². The van der Waals surface area contributed by atoms with Gasteiger partial charge in [0.25, 0.3) is 0 Å². The lowest BCUT2D eigenvalue weighted by molar-refractivity contribution is 0.586. The molecule has 2 N–H and O–H groups in total. The van der Waals surface area contributed by atoms with Gasteiger partial charge in [-0.15, -0.1) is 0 Å². The van der Waals surface area contributed by atoms with Gasteiger partial charge in [-0.25, -0.2) is 14.4 Å². The van der Waals surface area contributed by atoms with Crippen molar-refractivity contribution in [3.8, 4) is 11.4 Å². The molecule has 0 amide bonds. The van der Waals surface area contributed by atoms with Crippen LogP contribution in [0.4, 0.5) is 4.39 Å². The molecule has 112 valence electrons. The summed E-state index contributed by atoms with van der Waals surface area (Å²) < 4.78 is 13.5. The van der Waals surface area contributed by atoms with E-state index in [0.29, 0.717) is 18.3 Å². The molecule has 0 spiro atoms. The van der Waals surface area contributed by atoms with Gasteiger partial charge in [0.05, 0.1) is 0 Å². The second-order valence-corrected chi connectivity index (χ2v) is 5.70. The summed E-state index contributed by atoms with van der Waals surface area (Å²) in [5.41, 5.74) is 10.5. The third kappa shape index (κ3) is 3.45. The topological polar surface area (TPSA) is 51.8 Å². The Hall–Kier alpha value is -1.81. The Kier molecular flexibility index (Phi) is 4.68. The van der Waals surface area contributed by atoms with E-state index in [1.807, 2.05) is 20.8 Å². The van der Waals surface area contributed by atoms with Crippen LogP contribution < -0.4 is 5.73 Å². The standard InChI is InChI=1S/C17H22FN3/c1-10(9-19)7-16-12(3)20-17(21-13(16)4)15-8-14(18)6-5-11(15)2/h5-6,8,10H,7,9,19H2,1-4H3. The zero-order chi connectivity index (χ0) is 15.6. The number of aromatic nitrogens is 2. The fourth-order valence-corrected chi connectivity index (χ4v) is 2.42. The van der Waals surface area contributed by atoms with Crippen LogP contribution in [-0.2, 0) is 6.42 Å². The van der Waals surface area contributed by atoms with Crippen LogP contribution in [0.2, 0.25) is 0 Å². The van der Waals surface area contributed by atoms with Crippen LogP contribution in [0.1, 0.15) is 29.4 Å². The second-order valence-electron chi connectivity index (χ2n) is 5.70. The maximum absolute atomic E-state index is 13.5. The minimum absolute atomic E-state index is 0.268. The van der Waals surface area contributed by atoms with E-state index in [1.54, 1.807) is 6.07 Å². The van der Waals surface area contributed by atoms with Gasteiger partial charge < -0.3 is 5.73 Å². The predicted molar refractivity (Wildman–Crippen MR) is 83.6 cm³/mol. The Balaban J connectivity index is 2.46. The summed E-state index contributed by atoms with van der Waals surface area (Å²) in [5.74, 6) is 0.717. The molecule has 0 radical (unpaired) electrons. The highest BCUT2D eigenvalue weighted by Gasteiger charge is 2.14. The molecule has 0 bridgehead atoms. The Morgan fingerprint density at radius 2 is 1.76 bits per heavy atom. The van der Waals surface area contributed by atoms with Crippen molar-refractivity contribution in [2.45, 2.75) is 34.1 Å². The van der Waals surface area contributed by atoms with Crippen molar-refractivity contribution >= 4 is 0 Å². The molecule has 2 aromatic rings. The van der Waals surface area contributed by atoms with Gasteiger partial charge in [-0.1, -0.05) is 13.0 Å². The van der Waals surface area contributed by atoms with Crippen molar-refractivity contribution in [2.24, 2.45) is 11.7 Å². The molecule has 0 aliphatic rings. The summed E-state index contributed by atoms with van der Waals surface area (Å²) in [7, 11) is 0. The number of benzene rings is 1. The van der Waals surface area contributed by atoms with Gasteiger partial charge in [0.1, 0.15) is 5.82 Å². The third-order valence-electron chi connectivity index (χ3n) is 3.82. The van der Waals surface area contributed by atoms with Crippen molar-refractivity contribution in [1.82, 2.24) is 9.97 Å². The van der Waals surface area contributed by atoms with Crippen LogP contribution in [0.15, 0.2) is 18.2 Å². The fourth-order valence-electron chi connectivity index (χ4n) is 2.42. The maximum Gasteiger partial charge on any atom is 0.159 e. The van der Waals surface area contributed by atoms with Gasteiger partial charge in [0, 0.05) is 17.0 Å². The number of hydrogen-bond donors (Lipinski definition) is 1. The van der Waals surface area contributed by atoms with Crippen molar-refractivity contribution in [3.63, 3.8) is 0 Å². The summed E-state index contributed by atoms with van der Waals surface area (Å²) >= 11 is 0.